The number of nitrogens with zero attached hydrogens (tertiary/aromatic N) is 3. The Morgan fingerprint density at radius 3 is 2.51 bits per heavy atom. The van der Waals surface area contributed by atoms with E-state index in [1.165, 1.54) is 5.56 Å². The number of amides is 1. The molecular formula is C34H46N6O3. The van der Waals surface area contributed by atoms with Crippen LogP contribution in [0.5, 0.6) is 0 Å². The molecule has 0 saturated carbocycles. The van der Waals surface area contributed by atoms with Gasteiger partial charge in [0, 0.05) is 79.2 Å². The Kier molecular flexibility index (Phi) is 9.95. The number of rotatable bonds is 9. The third-order valence-electron chi connectivity index (χ3n) is 8.99. The van der Waals surface area contributed by atoms with Crippen LogP contribution >= 0.6 is 0 Å². The van der Waals surface area contributed by atoms with Gasteiger partial charge in [0.05, 0.1) is 5.69 Å². The van der Waals surface area contributed by atoms with E-state index in [1.807, 2.05) is 39.1 Å². The van der Waals surface area contributed by atoms with Crippen LogP contribution in [0.4, 0.5) is 5.69 Å². The molecule has 5 rings (SSSR count). The summed E-state index contributed by atoms with van der Waals surface area (Å²) in [7, 11) is 0. The van der Waals surface area contributed by atoms with Crippen molar-refractivity contribution >= 4 is 11.6 Å². The van der Waals surface area contributed by atoms with Crippen molar-refractivity contribution in [1.82, 2.24) is 20.2 Å². The minimum Gasteiger partial charge on any atom is -0.381 e. The van der Waals surface area contributed by atoms with Crippen LogP contribution < -0.4 is 21.5 Å². The first-order chi connectivity index (χ1) is 20.7. The highest BCUT2D eigenvalue weighted by Crippen LogP contribution is 2.33. The molecule has 2 aliphatic rings. The van der Waals surface area contributed by atoms with Crippen LogP contribution in [0.25, 0.3) is 11.3 Å². The number of ether oxygens (including phenoxy) is 1. The third kappa shape index (κ3) is 7.34. The number of aromatic amines is 1. The maximum atomic E-state index is 13.8. The Labute approximate surface area is 254 Å². The Balaban J connectivity index is 1.45. The number of benzene rings is 1. The summed E-state index contributed by atoms with van der Waals surface area (Å²) >= 11 is 0. The number of carbonyl (C=O) groups is 1. The Morgan fingerprint density at radius 2 is 1.86 bits per heavy atom. The second-order valence-electron chi connectivity index (χ2n) is 12.1. The molecule has 43 heavy (non-hydrogen) atoms. The van der Waals surface area contributed by atoms with Crippen molar-refractivity contribution in [1.29, 1.82) is 0 Å². The van der Waals surface area contributed by atoms with Crippen LogP contribution in [0.15, 0.2) is 41.3 Å². The molecule has 2 fully saturated rings. The van der Waals surface area contributed by atoms with Crippen molar-refractivity contribution in [2.45, 2.75) is 78.6 Å². The number of carbonyl (C=O) groups excluding carboxylic acids is 1. The number of nitrogens with two attached hydrogens (primary N) is 1. The molecule has 9 nitrogen and oxygen atoms in total. The number of hydrogen-bond donors (Lipinski definition) is 3. The molecule has 0 aliphatic carbocycles. The van der Waals surface area contributed by atoms with Crippen LogP contribution in [0.2, 0.25) is 0 Å². The van der Waals surface area contributed by atoms with E-state index in [-0.39, 0.29) is 18.0 Å². The van der Waals surface area contributed by atoms with E-state index < -0.39 is 0 Å². The first-order valence-corrected chi connectivity index (χ1v) is 15.6. The number of anilines is 1. The average molecular weight is 587 g/mol. The van der Waals surface area contributed by atoms with Gasteiger partial charge < -0.3 is 25.7 Å². The fourth-order valence-electron chi connectivity index (χ4n) is 6.43. The van der Waals surface area contributed by atoms with Crippen LogP contribution in [0.1, 0.15) is 70.9 Å². The third-order valence-corrected chi connectivity index (χ3v) is 8.99. The van der Waals surface area contributed by atoms with Gasteiger partial charge in [-0.25, -0.2) is 0 Å². The predicted molar refractivity (Wildman–Crippen MR) is 171 cm³/mol. The first-order valence-electron chi connectivity index (χ1n) is 15.6. The maximum absolute atomic E-state index is 13.8. The number of piperidine rings is 1. The minimum atomic E-state index is -0.206. The second kappa shape index (κ2) is 13.8. The monoisotopic (exact) mass is 586 g/mol. The molecule has 2 aliphatic heterocycles. The van der Waals surface area contributed by atoms with Gasteiger partial charge in [0.25, 0.3) is 11.5 Å². The van der Waals surface area contributed by atoms with E-state index >= 15 is 0 Å². The fourth-order valence-corrected chi connectivity index (χ4v) is 6.43. The van der Waals surface area contributed by atoms with Crippen molar-refractivity contribution in [3.05, 3.63) is 80.4 Å². The quantitative estimate of drug-likeness (QED) is 0.344. The molecule has 3 aromatic rings. The van der Waals surface area contributed by atoms with Gasteiger partial charge >= 0.3 is 0 Å². The van der Waals surface area contributed by atoms with E-state index in [1.54, 1.807) is 0 Å². The summed E-state index contributed by atoms with van der Waals surface area (Å²) in [6, 6.07) is 10.9. The Morgan fingerprint density at radius 1 is 1.12 bits per heavy atom. The molecular weight excluding hydrogens is 540 g/mol. The number of aryl methyl sites for hydroxylation is 2. The van der Waals surface area contributed by atoms with Crippen molar-refractivity contribution in [3.63, 3.8) is 0 Å². The van der Waals surface area contributed by atoms with E-state index in [0.29, 0.717) is 23.2 Å². The van der Waals surface area contributed by atoms with E-state index in [9.17, 15) is 9.59 Å². The molecule has 1 amide bonds. The van der Waals surface area contributed by atoms with Crippen molar-refractivity contribution < 1.29 is 9.53 Å². The zero-order valence-electron chi connectivity index (χ0n) is 26.0. The van der Waals surface area contributed by atoms with Gasteiger partial charge in [0.15, 0.2) is 0 Å². The summed E-state index contributed by atoms with van der Waals surface area (Å²) in [5, 5.41) is 3.02. The van der Waals surface area contributed by atoms with Crippen molar-refractivity contribution in [2.24, 2.45) is 5.73 Å². The fraction of sp³-hybridized carbons (Fsp3) is 0.500. The molecule has 0 radical (unpaired) electrons. The lowest BCUT2D eigenvalue weighted by Gasteiger charge is -2.37. The van der Waals surface area contributed by atoms with Crippen LogP contribution in [0, 0.1) is 20.8 Å². The summed E-state index contributed by atoms with van der Waals surface area (Å²) in [5.74, 6) is -0.206. The average Bonchev–Trinajstić information content (AvgIpc) is 3.00. The van der Waals surface area contributed by atoms with Gasteiger partial charge in [-0.05, 0) is 107 Å². The highest BCUT2D eigenvalue weighted by molar-refractivity contribution is 5.98. The summed E-state index contributed by atoms with van der Waals surface area (Å²) in [6.45, 7) is 13.3. The standard InChI is InChI=1S/C34H46N6O3/c1-5-40(28-10-14-43-15-11-28)32-18-26(31-7-6-25(19-36-31)21-39-12-8-27(35)9-13-39)17-29(24(32)4)33(41)37-20-30-22(2)16-23(3)38-34(30)42/h6-7,16-19,27-28H,5,8-15,20-21,35H2,1-4H3,(H,37,41)(H,38,42). The molecule has 2 aromatic heterocycles. The lowest BCUT2D eigenvalue weighted by Crippen LogP contribution is -2.40. The Hall–Kier alpha value is -3.53. The van der Waals surface area contributed by atoms with Gasteiger partial charge in [-0.3, -0.25) is 19.5 Å². The molecule has 0 atom stereocenters. The van der Waals surface area contributed by atoms with Gasteiger partial charge in [-0.15, -0.1) is 0 Å². The molecule has 0 spiro atoms. The summed E-state index contributed by atoms with van der Waals surface area (Å²) in [4.78, 5) is 38.9. The summed E-state index contributed by atoms with van der Waals surface area (Å²) < 4.78 is 5.65. The van der Waals surface area contributed by atoms with Crippen molar-refractivity contribution in [3.8, 4) is 11.3 Å². The smallest absolute Gasteiger partial charge is 0.253 e. The SMILES string of the molecule is CCN(c1cc(-c2ccc(CN3CCC(N)CC3)cn2)cc(C(=O)NCc2c(C)cc(C)[nH]c2=O)c1C)C1CCOCC1. The summed E-state index contributed by atoms with van der Waals surface area (Å²) in [5.41, 5.74) is 13.6. The van der Waals surface area contributed by atoms with Gasteiger partial charge in [-0.2, -0.15) is 0 Å². The summed E-state index contributed by atoms with van der Waals surface area (Å²) in [6.07, 6.45) is 5.90. The van der Waals surface area contributed by atoms with E-state index in [0.717, 1.165) is 98.8 Å². The topological polar surface area (TPSA) is 117 Å². The molecule has 4 heterocycles. The highest BCUT2D eigenvalue weighted by Gasteiger charge is 2.25. The molecule has 0 bridgehead atoms. The van der Waals surface area contributed by atoms with E-state index in [4.69, 9.17) is 15.5 Å². The zero-order chi connectivity index (χ0) is 30.5. The van der Waals surface area contributed by atoms with Gasteiger partial charge in [0.2, 0.25) is 0 Å². The normalized spacial score (nSPS) is 16.8. The number of aromatic nitrogens is 2. The first kappa shape index (κ1) is 30.9. The predicted octanol–water partition coefficient (Wildman–Crippen LogP) is 4.22. The number of likely N-dealkylation sites (tertiary alicyclic amines) is 1. The van der Waals surface area contributed by atoms with Crippen LogP contribution in [-0.2, 0) is 17.8 Å². The minimum absolute atomic E-state index is 0.158. The number of H-pyrrole nitrogens is 1. The zero-order valence-corrected chi connectivity index (χ0v) is 26.0. The van der Waals surface area contributed by atoms with Crippen LogP contribution in [0.3, 0.4) is 0 Å². The number of pyridine rings is 2. The van der Waals surface area contributed by atoms with E-state index in [2.05, 4.69) is 45.2 Å². The number of nitrogens with one attached hydrogen (secondary N) is 2. The lowest BCUT2D eigenvalue weighted by molar-refractivity contribution is 0.0846. The Bertz CT molecular complexity index is 1470. The largest absolute Gasteiger partial charge is 0.381 e. The molecule has 0 unspecified atom stereocenters. The van der Waals surface area contributed by atoms with Gasteiger partial charge in [0.1, 0.15) is 0 Å². The van der Waals surface area contributed by atoms with Gasteiger partial charge in [-0.1, -0.05) is 6.07 Å². The number of hydrogen-bond acceptors (Lipinski definition) is 7. The molecule has 4 N–H and O–H groups in total. The second-order valence-corrected chi connectivity index (χ2v) is 12.1. The molecule has 2 saturated heterocycles. The maximum Gasteiger partial charge on any atom is 0.253 e. The van der Waals surface area contributed by atoms with Crippen molar-refractivity contribution in [2.75, 3.05) is 37.7 Å². The molecule has 230 valence electrons. The highest BCUT2D eigenvalue weighted by atomic mass is 16.5. The van der Waals surface area contributed by atoms with Crippen LogP contribution in [-0.4, -0.2) is 65.7 Å². The molecule has 9 heteroatoms. The molecule has 1 aromatic carbocycles. The lowest BCUT2D eigenvalue weighted by atomic mass is 9.96.